The van der Waals surface area contributed by atoms with Crippen LogP contribution in [0.25, 0.3) is 5.57 Å². The van der Waals surface area contributed by atoms with Crippen molar-refractivity contribution in [3.8, 4) is 0 Å². The number of anilines is 1. The second-order valence-electron chi connectivity index (χ2n) is 5.74. The molecule has 0 N–H and O–H groups in total. The molecule has 0 atom stereocenters. The minimum Gasteiger partial charge on any atom is -0.289 e. The van der Waals surface area contributed by atoms with Crippen LogP contribution in [-0.4, -0.2) is 23.1 Å². The van der Waals surface area contributed by atoms with E-state index in [1.165, 1.54) is 29.8 Å². The van der Waals surface area contributed by atoms with Gasteiger partial charge in [-0.05, 0) is 43.5 Å². The van der Waals surface area contributed by atoms with Crippen molar-refractivity contribution < 1.29 is 0 Å². The molecular formula is C18H18ClN3. The molecule has 1 fully saturated rings. The molecule has 0 amide bonds. The van der Waals surface area contributed by atoms with Gasteiger partial charge in [-0.15, -0.1) is 0 Å². The molecule has 1 aromatic heterocycles. The van der Waals surface area contributed by atoms with Crippen LogP contribution in [0.1, 0.15) is 25.0 Å². The summed E-state index contributed by atoms with van der Waals surface area (Å²) >= 11 is 6.09. The van der Waals surface area contributed by atoms with Gasteiger partial charge in [0.1, 0.15) is 5.15 Å². The van der Waals surface area contributed by atoms with E-state index < -0.39 is 0 Å². The number of hydrazine groups is 1. The Morgan fingerprint density at radius 1 is 0.909 bits per heavy atom. The zero-order chi connectivity index (χ0) is 14.9. The zero-order valence-corrected chi connectivity index (χ0v) is 13.1. The molecule has 0 bridgehead atoms. The average molecular weight is 312 g/mol. The number of fused-ring (bicyclic) bond motifs is 1. The molecule has 0 aliphatic carbocycles. The van der Waals surface area contributed by atoms with Crippen molar-refractivity contribution in [2.75, 3.05) is 18.1 Å². The molecular weight excluding hydrogens is 294 g/mol. The highest BCUT2D eigenvalue weighted by Gasteiger charge is 2.32. The van der Waals surface area contributed by atoms with Crippen molar-refractivity contribution in [1.82, 2.24) is 9.99 Å². The van der Waals surface area contributed by atoms with Crippen molar-refractivity contribution in [3.05, 3.63) is 65.1 Å². The lowest BCUT2D eigenvalue weighted by molar-refractivity contribution is 0.294. The van der Waals surface area contributed by atoms with E-state index in [0.717, 1.165) is 25.2 Å². The smallest absolute Gasteiger partial charge is 0.129 e. The van der Waals surface area contributed by atoms with E-state index in [0.29, 0.717) is 5.15 Å². The van der Waals surface area contributed by atoms with Gasteiger partial charge in [-0.3, -0.25) is 10.0 Å². The first kappa shape index (κ1) is 13.6. The molecule has 4 heteroatoms. The third-order valence-corrected chi connectivity index (χ3v) is 4.58. The number of para-hydroxylation sites is 1. The lowest BCUT2D eigenvalue weighted by Crippen LogP contribution is -2.39. The van der Waals surface area contributed by atoms with Crippen molar-refractivity contribution in [2.45, 2.75) is 19.3 Å². The SMILES string of the molecule is Clc1cccc(C2=C3CCCCN3N(c3ccccc3)C2)n1. The molecule has 112 valence electrons. The van der Waals surface area contributed by atoms with Gasteiger partial charge in [-0.2, -0.15) is 0 Å². The molecule has 2 aliphatic heterocycles. The van der Waals surface area contributed by atoms with Gasteiger partial charge in [-0.25, -0.2) is 4.98 Å². The molecule has 3 heterocycles. The quantitative estimate of drug-likeness (QED) is 0.768. The van der Waals surface area contributed by atoms with Crippen LogP contribution in [0.3, 0.4) is 0 Å². The fraction of sp³-hybridized carbons (Fsp3) is 0.278. The Kier molecular flexibility index (Phi) is 3.51. The third-order valence-electron chi connectivity index (χ3n) is 4.37. The fourth-order valence-electron chi connectivity index (χ4n) is 3.35. The van der Waals surface area contributed by atoms with E-state index in [-0.39, 0.29) is 0 Å². The maximum atomic E-state index is 6.09. The highest BCUT2D eigenvalue weighted by molar-refractivity contribution is 6.29. The number of hydrogen-bond donors (Lipinski definition) is 0. The van der Waals surface area contributed by atoms with Crippen molar-refractivity contribution in [2.24, 2.45) is 0 Å². The second-order valence-corrected chi connectivity index (χ2v) is 6.13. The van der Waals surface area contributed by atoms with Crippen LogP contribution in [0.2, 0.25) is 5.15 Å². The number of halogens is 1. The predicted octanol–water partition coefficient (Wildman–Crippen LogP) is 4.37. The minimum absolute atomic E-state index is 0.561. The van der Waals surface area contributed by atoms with Crippen LogP contribution in [-0.2, 0) is 0 Å². The maximum absolute atomic E-state index is 6.09. The van der Waals surface area contributed by atoms with Crippen LogP contribution >= 0.6 is 11.6 Å². The first-order valence-corrected chi connectivity index (χ1v) is 8.16. The number of hydrogen-bond acceptors (Lipinski definition) is 3. The highest BCUT2D eigenvalue weighted by atomic mass is 35.5. The Bertz CT molecular complexity index is 711. The Morgan fingerprint density at radius 2 is 1.77 bits per heavy atom. The summed E-state index contributed by atoms with van der Waals surface area (Å²) in [5, 5.41) is 5.36. The summed E-state index contributed by atoms with van der Waals surface area (Å²) in [5.74, 6) is 0. The monoisotopic (exact) mass is 311 g/mol. The van der Waals surface area contributed by atoms with Crippen molar-refractivity contribution in [1.29, 1.82) is 0 Å². The van der Waals surface area contributed by atoms with Crippen molar-refractivity contribution >= 4 is 22.9 Å². The molecule has 0 unspecified atom stereocenters. The largest absolute Gasteiger partial charge is 0.289 e. The molecule has 2 aliphatic rings. The van der Waals surface area contributed by atoms with Gasteiger partial charge < -0.3 is 0 Å². The van der Waals surface area contributed by atoms with Crippen LogP contribution in [0.4, 0.5) is 5.69 Å². The number of rotatable bonds is 2. The summed E-state index contributed by atoms with van der Waals surface area (Å²) in [6.45, 7) is 1.95. The predicted molar refractivity (Wildman–Crippen MR) is 90.5 cm³/mol. The highest BCUT2D eigenvalue weighted by Crippen LogP contribution is 2.38. The van der Waals surface area contributed by atoms with Crippen LogP contribution in [0.5, 0.6) is 0 Å². The first-order chi connectivity index (χ1) is 10.8. The number of nitrogens with zero attached hydrogens (tertiary/aromatic N) is 3. The Hall–Kier alpha value is -2.00. The van der Waals surface area contributed by atoms with Gasteiger partial charge in [0, 0.05) is 17.8 Å². The van der Waals surface area contributed by atoms with Crippen molar-refractivity contribution in [3.63, 3.8) is 0 Å². The molecule has 0 spiro atoms. The fourth-order valence-corrected chi connectivity index (χ4v) is 3.52. The summed E-state index contributed by atoms with van der Waals surface area (Å²) in [6, 6.07) is 16.5. The van der Waals surface area contributed by atoms with Crippen LogP contribution < -0.4 is 5.01 Å². The number of aromatic nitrogens is 1. The van der Waals surface area contributed by atoms with E-state index in [1.54, 1.807) is 0 Å². The summed E-state index contributed by atoms with van der Waals surface area (Å²) in [6.07, 6.45) is 3.61. The summed E-state index contributed by atoms with van der Waals surface area (Å²) in [7, 11) is 0. The molecule has 22 heavy (non-hydrogen) atoms. The number of piperidine rings is 1. The van der Waals surface area contributed by atoms with E-state index in [9.17, 15) is 0 Å². The molecule has 0 radical (unpaired) electrons. The van der Waals surface area contributed by atoms with Gasteiger partial charge in [0.25, 0.3) is 0 Å². The molecule has 2 aromatic rings. The van der Waals surface area contributed by atoms with Gasteiger partial charge in [0.15, 0.2) is 0 Å². The minimum atomic E-state index is 0.561. The summed E-state index contributed by atoms with van der Waals surface area (Å²) in [5.41, 5.74) is 4.96. The lowest BCUT2D eigenvalue weighted by Gasteiger charge is -2.36. The first-order valence-electron chi connectivity index (χ1n) is 7.78. The summed E-state index contributed by atoms with van der Waals surface area (Å²) in [4.78, 5) is 4.53. The van der Waals surface area contributed by atoms with Gasteiger partial charge in [-0.1, -0.05) is 35.9 Å². The van der Waals surface area contributed by atoms with Gasteiger partial charge in [0.2, 0.25) is 0 Å². The third kappa shape index (κ3) is 2.35. The molecule has 1 saturated heterocycles. The second kappa shape index (κ2) is 5.65. The Morgan fingerprint density at radius 3 is 2.59 bits per heavy atom. The molecule has 3 nitrogen and oxygen atoms in total. The van der Waals surface area contributed by atoms with E-state index >= 15 is 0 Å². The maximum Gasteiger partial charge on any atom is 0.129 e. The van der Waals surface area contributed by atoms with E-state index in [4.69, 9.17) is 11.6 Å². The summed E-state index contributed by atoms with van der Waals surface area (Å²) < 4.78 is 0. The number of pyridine rings is 1. The molecule has 0 saturated carbocycles. The van der Waals surface area contributed by atoms with Gasteiger partial charge >= 0.3 is 0 Å². The Balaban J connectivity index is 1.74. The lowest BCUT2D eigenvalue weighted by atomic mass is 10.0. The molecule has 4 rings (SSSR count). The van der Waals surface area contributed by atoms with Crippen LogP contribution in [0.15, 0.2) is 54.2 Å². The van der Waals surface area contributed by atoms with Gasteiger partial charge in [0.05, 0.1) is 17.9 Å². The van der Waals surface area contributed by atoms with E-state index in [2.05, 4.69) is 51.4 Å². The topological polar surface area (TPSA) is 19.4 Å². The normalized spacial score (nSPS) is 17.9. The number of benzene rings is 1. The Labute approximate surface area is 135 Å². The van der Waals surface area contributed by atoms with Crippen LogP contribution in [0, 0.1) is 0 Å². The van der Waals surface area contributed by atoms with E-state index in [1.807, 2.05) is 12.1 Å². The molecule has 1 aromatic carbocycles. The average Bonchev–Trinajstić information content (AvgIpc) is 2.95. The number of allylic oxidation sites excluding steroid dienone is 1. The standard InChI is InChI=1S/C18H18ClN3/c19-18-11-6-9-16(20-18)15-13-22(14-7-2-1-3-8-14)21-12-5-4-10-17(15)21/h1-3,6-9,11H,4-5,10,12-13H2. The zero-order valence-electron chi connectivity index (χ0n) is 12.4.